The van der Waals surface area contributed by atoms with Crippen molar-refractivity contribution in [3.8, 4) is 0 Å². The first-order valence-corrected chi connectivity index (χ1v) is 6.35. The van der Waals surface area contributed by atoms with Crippen molar-refractivity contribution in [2.45, 2.75) is 26.7 Å². The van der Waals surface area contributed by atoms with Crippen molar-refractivity contribution in [1.29, 1.82) is 0 Å². The first-order valence-electron chi connectivity index (χ1n) is 6.35. The van der Waals surface area contributed by atoms with Gasteiger partial charge in [-0.05, 0) is 24.2 Å². The molecule has 1 aromatic rings. The van der Waals surface area contributed by atoms with E-state index >= 15 is 0 Å². The van der Waals surface area contributed by atoms with Gasteiger partial charge in [-0.1, -0.05) is 13.8 Å². The number of nitrogens with two attached hydrogens (primary N) is 1. The molecule has 6 nitrogen and oxygen atoms in total. The van der Waals surface area contributed by atoms with Crippen LogP contribution in [0.1, 0.15) is 47.7 Å². The molecule has 0 radical (unpaired) electrons. The maximum Gasteiger partial charge on any atom is 0.272 e. The summed E-state index contributed by atoms with van der Waals surface area (Å²) in [6, 6.07) is 0. The third-order valence-corrected chi connectivity index (χ3v) is 3.86. The summed E-state index contributed by atoms with van der Waals surface area (Å²) in [5.41, 5.74) is 5.28. The van der Waals surface area contributed by atoms with Gasteiger partial charge in [0, 0.05) is 18.9 Å². The predicted octanol–water partition coefficient (Wildman–Crippen LogP) is 0.741. The quantitative estimate of drug-likeness (QED) is 0.817. The SMILES string of the molecule is CC(C)C1(CNC(=O)c2nccnc2C(N)=O)CC1. The molecule has 1 aliphatic carbocycles. The van der Waals surface area contributed by atoms with Gasteiger partial charge < -0.3 is 11.1 Å². The van der Waals surface area contributed by atoms with Crippen LogP contribution in [-0.2, 0) is 0 Å². The number of amides is 2. The zero-order valence-electron chi connectivity index (χ0n) is 11.1. The molecule has 102 valence electrons. The fraction of sp³-hybridized carbons (Fsp3) is 0.538. The summed E-state index contributed by atoms with van der Waals surface area (Å²) in [5.74, 6) is -0.623. The molecule has 1 aliphatic rings. The Balaban J connectivity index is 2.07. The first-order chi connectivity index (χ1) is 8.96. The van der Waals surface area contributed by atoms with Crippen molar-refractivity contribution in [3.63, 3.8) is 0 Å². The summed E-state index contributed by atoms with van der Waals surface area (Å²) in [6.07, 6.45) is 4.95. The van der Waals surface area contributed by atoms with E-state index in [2.05, 4.69) is 29.1 Å². The Hall–Kier alpha value is -1.98. The zero-order chi connectivity index (χ0) is 14.0. The van der Waals surface area contributed by atoms with Crippen LogP contribution in [-0.4, -0.2) is 28.3 Å². The Morgan fingerprint density at radius 3 is 2.37 bits per heavy atom. The molecule has 0 aliphatic heterocycles. The number of hydrogen-bond donors (Lipinski definition) is 2. The molecule has 3 N–H and O–H groups in total. The van der Waals surface area contributed by atoms with Crippen LogP contribution in [0.25, 0.3) is 0 Å². The largest absolute Gasteiger partial charge is 0.364 e. The molecule has 1 saturated carbocycles. The highest BCUT2D eigenvalue weighted by Crippen LogP contribution is 2.51. The van der Waals surface area contributed by atoms with Crippen molar-refractivity contribution in [2.75, 3.05) is 6.54 Å². The summed E-state index contributed by atoms with van der Waals surface area (Å²) in [6.45, 7) is 4.89. The summed E-state index contributed by atoms with van der Waals surface area (Å²) in [4.78, 5) is 30.9. The second-order valence-corrected chi connectivity index (χ2v) is 5.32. The number of nitrogens with zero attached hydrogens (tertiary/aromatic N) is 2. The van der Waals surface area contributed by atoms with Crippen LogP contribution >= 0.6 is 0 Å². The molecule has 19 heavy (non-hydrogen) atoms. The predicted molar refractivity (Wildman–Crippen MR) is 69.4 cm³/mol. The summed E-state index contributed by atoms with van der Waals surface area (Å²) in [5, 5.41) is 2.83. The average Bonchev–Trinajstić information content (AvgIpc) is 3.17. The molecule has 0 saturated heterocycles. The minimum Gasteiger partial charge on any atom is -0.364 e. The molecule has 0 atom stereocenters. The highest BCUT2D eigenvalue weighted by Gasteiger charge is 2.45. The van der Waals surface area contributed by atoms with Crippen molar-refractivity contribution in [2.24, 2.45) is 17.1 Å². The fourth-order valence-electron chi connectivity index (χ4n) is 2.14. The summed E-state index contributed by atoms with van der Waals surface area (Å²) < 4.78 is 0. The molecule has 0 spiro atoms. The monoisotopic (exact) mass is 262 g/mol. The van der Waals surface area contributed by atoms with Crippen molar-refractivity contribution < 1.29 is 9.59 Å². The molecule has 0 bridgehead atoms. The van der Waals surface area contributed by atoms with E-state index in [4.69, 9.17) is 5.73 Å². The van der Waals surface area contributed by atoms with Gasteiger partial charge in [-0.15, -0.1) is 0 Å². The van der Waals surface area contributed by atoms with Crippen LogP contribution in [0.15, 0.2) is 12.4 Å². The molecular formula is C13H18N4O2. The van der Waals surface area contributed by atoms with Gasteiger partial charge in [0.2, 0.25) is 0 Å². The normalized spacial score (nSPS) is 16.2. The van der Waals surface area contributed by atoms with Crippen LogP contribution < -0.4 is 11.1 Å². The molecule has 0 aromatic carbocycles. The lowest BCUT2D eigenvalue weighted by atomic mass is 9.92. The van der Waals surface area contributed by atoms with Crippen LogP contribution in [0.4, 0.5) is 0 Å². The topological polar surface area (TPSA) is 98.0 Å². The first kappa shape index (κ1) is 13.5. The van der Waals surface area contributed by atoms with Gasteiger partial charge >= 0.3 is 0 Å². The lowest BCUT2D eigenvalue weighted by Gasteiger charge is -2.19. The maximum atomic E-state index is 12.0. The van der Waals surface area contributed by atoms with Gasteiger partial charge in [-0.3, -0.25) is 9.59 Å². The van der Waals surface area contributed by atoms with Crippen molar-refractivity contribution >= 4 is 11.8 Å². The van der Waals surface area contributed by atoms with Crippen molar-refractivity contribution in [1.82, 2.24) is 15.3 Å². The summed E-state index contributed by atoms with van der Waals surface area (Å²) >= 11 is 0. The van der Waals surface area contributed by atoms with Gasteiger partial charge in [-0.2, -0.15) is 0 Å². The highest BCUT2D eigenvalue weighted by molar-refractivity contribution is 6.03. The van der Waals surface area contributed by atoms with E-state index in [1.165, 1.54) is 12.4 Å². The number of carbonyl (C=O) groups excluding carboxylic acids is 2. The lowest BCUT2D eigenvalue weighted by Crippen LogP contribution is -2.34. The van der Waals surface area contributed by atoms with Gasteiger partial charge in [-0.25, -0.2) is 9.97 Å². The molecule has 0 unspecified atom stereocenters. The van der Waals surface area contributed by atoms with Gasteiger partial charge in [0.1, 0.15) is 0 Å². The number of nitrogens with one attached hydrogen (secondary N) is 1. The van der Waals surface area contributed by atoms with Gasteiger partial charge in [0.15, 0.2) is 11.4 Å². The number of aromatic nitrogens is 2. The van der Waals surface area contributed by atoms with E-state index < -0.39 is 11.8 Å². The molecule has 1 fully saturated rings. The highest BCUT2D eigenvalue weighted by atomic mass is 16.2. The molecule has 2 rings (SSSR count). The summed E-state index contributed by atoms with van der Waals surface area (Å²) in [7, 11) is 0. The number of rotatable bonds is 5. The minimum atomic E-state index is -0.747. The molecule has 1 heterocycles. The molecular weight excluding hydrogens is 244 g/mol. The lowest BCUT2D eigenvalue weighted by molar-refractivity contribution is 0.0917. The molecule has 1 aromatic heterocycles. The van der Waals surface area contributed by atoms with Crippen LogP contribution in [0.3, 0.4) is 0 Å². The van der Waals surface area contributed by atoms with E-state index in [0.29, 0.717) is 12.5 Å². The number of primary amides is 1. The van der Waals surface area contributed by atoms with Gasteiger partial charge in [0.25, 0.3) is 11.8 Å². The minimum absolute atomic E-state index is 0.00504. The standard InChI is InChI=1S/C13H18N4O2/c1-8(2)13(3-4-13)7-17-12(19)10-9(11(14)18)15-5-6-16-10/h5-6,8H,3-4,7H2,1-2H3,(H2,14,18)(H,17,19). The smallest absolute Gasteiger partial charge is 0.272 e. The Morgan fingerprint density at radius 1 is 1.32 bits per heavy atom. The van der Waals surface area contributed by atoms with Crippen LogP contribution in [0.2, 0.25) is 0 Å². The Morgan fingerprint density at radius 2 is 1.89 bits per heavy atom. The van der Waals surface area contributed by atoms with E-state index in [9.17, 15) is 9.59 Å². The number of hydrogen-bond acceptors (Lipinski definition) is 4. The second-order valence-electron chi connectivity index (χ2n) is 5.32. The van der Waals surface area contributed by atoms with E-state index in [-0.39, 0.29) is 16.8 Å². The third-order valence-electron chi connectivity index (χ3n) is 3.86. The number of carbonyl (C=O) groups is 2. The molecule has 6 heteroatoms. The van der Waals surface area contributed by atoms with Crippen LogP contribution in [0, 0.1) is 11.3 Å². The van der Waals surface area contributed by atoms with E-state index in [1.54, 1.807) is 0 Å². The second kappa shape index (κ2) is 4.95. The average molecular weight is 262 g/mol. The zero-order valence-corrected chi connectivity index (χ0v) is 11.1. The Bertz CT molecular complexity index is 509. The van der Waals surface area contributed by atoms with Gasteiger partial charge in [0.05, 0.1) is 0 Å². The van der Waals surface area contributed by atoms with Crippen LogP contribution in [0.5, 0.6) is 0 Å². The Kier molecular flexibility index (Phi) is 3.50. The maximum absolute atomic E-state index is 12.0. The Labute approximate surface area is 111 Å². The molecule has 2 amide bonds. The van der Waals surface area contributed by atoms with Crippen molar-refractivity contribution in [3.05, 3.63) is 23.8 Å². The van der Waals surface area contributed by atoms with E-state index in [1.807, 2.05) is 0 Å². The third kappa shape index (κ3) is 2.72. The fourth-order valence-corrected chi connectivity index (χ4v) is 2.14. The van der Waals surface area contributed by atoms with E-state index in [0.717, 1.165) is 12.8 Å².